The molecular formula is C24H32N4O2. The van der Waals surface area contributed by atoms with Crippen molar-refractivity contribution < 1.29 is 9.59 Å². The molecular weight excluding hydrogens is 376 g/mol. The van der Waals surface area contributed by atoms with Gasteiger partial charge in [-0.05, 0) is 30.5 Å². The number of hydrogen-bond acceptors (Lipinski definition) is 4. The molecule has 0 aromatic heterocycles. The maximum atomic E-state index is 12.3. The van der Waals surface area contributed by atoms with Crippen LogP contribution >= 0.6 is 0 Å². The Labute approximate surface area is 179 Å². The predicted octanol–water partition coefficient (Wildman–Crippen LogP) is 2.43. The van der Waals surface area contributed by atoms with Crippen LogP contribution in [0.5, 0.6) is 0 Å². The third-order valence-corrected chi connectivity index (χ3v) is 5.44. The van der Waals surface area contributed by atoms with Gasteiger partial charge in [0.15, 0.2) is 0 Å². The summed E-state index contributed by atoms with van der Waals surface area (Å²) < 4.78 is 0. The van der Waals surface area contributed by atoms with Gasteiger partial charge in [-0.15, -0.1) is 0 Å². The second-order valence-corrected chi connectivity index (χ2v) is 7.88. The lowest BCUT2D eigenvalue weighted by molar-refractivity contribution is -0.125. The van der Waals surface area contributed by atoms with Crippen molar-refractivity contribution in [1.82, 2.24) is 15.1 Å². The number of nitrogens with zero attached hydrogens (tertiary/aromatic N) is 2. The van der Waals surface area contributed by atoms with Gasteiger partial charge in [0.1, 0.15) is 0 Å². The van der Waals surface area contributed by atoms with E-state index in [0.717, 1.165) is 50.4 Å². The molecule has 1 saturated heterocycles. The standard InChI is InChI=1S/C24H32N4O2/c1-3-21-9-4-5-10-22(21)26-23(29)16-25-24(30)18-28-13-11-27(12-14-28)17-20-8-6-7-19(2)15-20/h4-10,15H,3,11-14,16-18H2,1-2H3,(H,25,30)(H,26,29). The first kappa shape index (κ1) is 22.0. The van der Waals surface area contributed by atoms with Crippen molar-refractivity contribution in [2.24, 2.45) is 0 Å². The Kier molecular flexibility index (Phi) is 7.99. The number of aryl methyl sites for hydroxylation is 2. The van der Waals surface area contributed by atoms with E-state index in [1.807, 2.05) is 31.2 Å². The first-order chi connectivity index (χ1) is 14.5. The SMILES string of the molecule is CCc1ccccc1NC(=O)CNC(=O)CN1CCN(Cc2cccc(C)c2)CC1. The number of rotatable bonds is 8. The fourth-order valence-electron chi connectivity index (χ4n) is 3.76. The summed E-state index contributed by atoms with van der Waals surface area (Å²) in [6.07, 6.45) is 0.846. The van der Waals surface area contributed by atoms with Crippen molar-refractivity contribution in [1.29, 1.82) is 0 Å². The van der Waals surface area contributed by atoms with Gasteiger partial charge in [-0.3, -0.25) is 19.4 Å². The zero-order chi connectivity index (χ0) is 21.3. The Morgan fingerprint density at radius 1 is 0.933 bits per heavy atom. The lowest BCUT2D eigenvalue weighted by Gasteiger charge is -2.34. The minimum absolute atomic E-state index is 0.00972. The highest BCUT2D eigenvalue weighted by Gasteiger charge is 2.19. The highest BCUT2D eigenvalue weighted by atomic mass is 16.2. The molecule has 6 heteroatoms. The second-order valence-electron chi connectivity index (χ2n) is 7.88. The van der Waals surface area contributed by atoms with Crippen molar-refractivity contribution >= 4 is 17.5 Å². The van der Waals surface area contributed by atoms with E-state index in [4.69, 9.17) is 0 Å². The number of carbonyl (C=O) groups is 2. The summed E-state index contributed by atoms with van der Waals surface area (Å²) >= 11 is 0. The van der Waals surface area contributed by atoms with Crippen LogP contribution in [0.2, 0.25) is 0 Å². The topological polar surface area (TPSA) is 64.7 Å². The summed E-state index contributed by atoms with van der Waals surface area (Å²) in [4.78, 5) is 29.0. The molecule has 3 rings (SSSR count). The van der Waals surface area contributed by atoms with Crippen molar-refractivity contribution in [2.75, 3.05) is 44.6 Å². The largest absolute Gasteiger partial charge is 0.346 e. The third-order valence-electron chi connectivity index (χ3n) is 5.44. The molecule has 0 radical (unpaired) electrons. The molecule has 1 heterocycles. The summed E-state index contributed by atoms with van der Waals surface area (Å²) in [7, 11) is 0. The van der Waals surface area contributed by atoms with Gasteiger partial charge in [-0.2, -0.15) is 0 Å². The van der Waals surface area contributed by atoms with Gasteiger partial charge in [0, 0.05) is 38.4 Å². The van der Waals surface area contributed by atoms with E-state index in [1.165, 1.54) is 11.1 Å². The van der Waals surface area contributed by atoms with Crippen LogP contribution in [0.15, 0.2) is 48.5 Å². The number of nitrogens with one attached hydrogen (secondary N) is 2. The highest BCUT2D eigenvalue weighted by Crippen LogP contribution is 2.15. The van der Waals surface area contributed by atoms with E-state index in [1.54, 1.807) is 0 Å². The molecule has 30 heavy (non-hydrogen) atoms. The van der Waals surface area contributed by atoms with Crippen LogP contribution < -0.4 is 10.6 Å². The van der Waals surface area contributed by atoms with Gasteiger partial charge >= 0.3 is 0 Å². The molecule has 0 spiro atoms. The molecule has 0 saturated carbocycles. The molecule has 1 aliphatic heterocycles. The third kappa shape index (κ3) is 6.68. The second kappa shape index (κ2) is 10.9. The lowest BCUT2D eigenvalue weighted by atomic mass is 10.1. The maximum absolute atomic E-state index is 12.3. The Balaban J connectivity index is 1.36. The molecule has 1 fully saturated rings. The summed E-state index contributed by atoms with van der Waals surface area (Å²) in [5, 5.41) is 5.62. The minimum atomic E-state index is -0.202. The number of amides is 2. The average molecular weight is 409 g/mol. The van der Waals surface area contributed by atoms with Crippen LogP contribution in [0.3, 0.4) is 0 Å². The highest BCUT2D eigenvalue weighted by molar-refractivity contribution is 5.95. The molecule has 6 nitrogen and oxygen atoms in total. The number of carbonyl (C=O) groups excluding carboxylic acids is 2. The monoisotopic (exact) mass is 408 g/mol. The first-order valence-electron chi connectivity index (χ1n) is 10.7. The summed E-state index contributed by atoms with van der Waals surface area (Å²) in [6, 6.07) is 16.3. The molecule has 2 N–H and O–H groups in total. The van der Waals surface area contributed by atoms with E-state index < -0.39 is 0 Å². The van der Waals surface area contributed by atoms with Crippen molar-refractivity contribution in [3.05, 3.63) is 65.2 Å². The summed E-state index contributed by atoms with van der Waals surface area (Å²) in [6.45, 7) is 9.02. The van der Waals surface area contributed by atoms with E-state index >= 15 is 0 Å². The smallest absolute Gasteiger partial charge is 0.243 e. The lowest BCUT2D eigenvalue weighted by Crippen LogP contribution is -2.49. The van der Waals surface area contributed by atoms with Crippen molar-refractivity contribution in [3.63, 3.8) is 0 Å². The molecule has 0 bridgehead atoms. The number of benzene rings is 2. The van der Waals surface area contributed by atoms with Crippen LogP contribution in [0, 0.1) is 6.92 Å². The van der Waals surface area contributed by atoms with Crippen LogP contribution in [0.1, 0.15) is 23.6 Å². The fraction of sp³-hybridized carbons (Fsp3) is 0.417. The molecule has 0 atom stereocenters. The normalized spacial score (nSPS) is 15.0. The van der Waals surface area contributed by atoms with Gasteiger partial charge in [0.05, 0.1) is 13.1 Å². The Hall–Kier alpha value is -2.70. The van der Waals surface area contributed by atoms with Crippen molar-refractivity contribution in [2.45, 2.75) is 26.8 Å². The van der Waals surface area contributed by atoms with E-state index in [-0.39, 0.29) is 18.4 Å². The molecule has 160 valence electrons. The maximum Gasteiger partial charge on any atom is 0.243 e. The van der Waals surface area contributed by atoms with Crippen LogP contribution in [0.25, 0.3) is 0 Å². The number of anilines is 1. The van der Waals surface area contributed by atoms with E-state index in [9.17, 15) is 9.59 Å². The predicted molar refractivity (Wildman–Crippen MR) is 120 cm³/mol. The average Bonchev–Trinajstić information content (AvgIpc) is 2.74. The first-order valence-corrected chi connectivity index (χ1v) is 10.7. The van der Waals surface area contributed by atoms with Gasteiger partial charge in [0.2, 0.25) is 11.8 Å². The van der Waals surface area contributed by atoms with Crippen LogP contribution in [-0.2, 0) is 22.6 Å². The van der Waals surface area contributed by atoms with E-state index in [0.29, 0.717) is 6.54 Å². The Bertz CT molecular complexity index is 860. The van der Waals surface area contributed by atoms with E-state index in [2.05, 4.69) is 51.6 Å². The van der Waals surface area contributed by atoms with Crippen LogP contribution in [0.4, 0.5) is 5.69 Å². The fourth-order valence-corrected chi connectivity index (χ4v) is 3.76. The molecule has 1 aliphatic rings. The number of piperazine rings is 1. The van der Waals surface area contributed by atoms with Gasteiger partial charge in [-0.25, -0.2) is 0 Å². The molecule has 0 aliphatic carbocycles. The van der Waals surface area contributed by atoms with Gasteiger partial charge < -0.3 is 10.6 Å². The Morgan fingerprint density at radius 2 is 1.67 bits per heavy atom. The zero-order valence-electron chi connectivity index (χ0n) is 18.0. The summed E-state index contributed by atoms with van der Waals surface area (Å²) in [5.41, 5.74) is 4.51. The number of hydrogen-bond donors (Lipinski definition) is 2. The Morgan fingerprint density at radius 3 is 2.40 bits per heavy atom. The van der Waals surface area contributed by atoms with Gasteiger partial charge in [-0.1, -0.05) is 55.0 Å². The number of para-hydroxylation sites is 1. The molecule has 0 unspecified atom stereocenters. The quantitative estimate of drug-likeness (QED) is 0.704. The van der Waals surface area contributed by atoms with Crippen LogP contribution in [-0.4, -0.2) is 60.9 Å². The zero-order valence-corrected chi connectivity index (χ0v) is 18.0. The van der Waals surface area contributed by atoms with Crippen molar-refractivity contribution in [3.8, 4) is 0 Å². The van der Waals surface area contributed by atoms with Gasteiger partial charge in [0.25, 0.3) is 0 Å². The minimum Gasteiger partial charge on any atom is -0.346 e. The molecule has 2 aromatic carbocycles. The molecule has 2 aromatic rings. The molecule has 2 amide bonds. The summed E-state index contributed by atoms with van der Waals surface area (Å²) in [5.74, 6) is -0.312.